The first kappa shape index (κ1) is 18.0. The Morgan fingerprint density at radius 1 is 1.48 bits per heavy atom. The summed E-state index contributed by atoms with van der Waals surface area (Å²) in [5, 5.41) is 17.7. The molecule has 0 spiro atoms. The molecule has 0 saturated carbocycles. The Kier molecular flexibility index (Phi) is 7.75. The number of nitrogens with zero attached hydrogens (tertiary/aromatic N) is 1. The van der Waals surface area contributed by atoms with Crippen LogP contribution in [-0.4, -0.2) is 17.6 Å². The van der Waals surface area contributed by atoms with Crippen LogP contribution in [0.2, 0.25) is 0 Å². The van der Waals surface area contributed by atoms with Gasteiger partial charge in [0.25, 0.3) is 0 Å². The third-order valence-electron chi connectivity index (χ3n) is 3.88. The number of hydrogen-bond donors (Lipinski definition) is 3. The largest absolute Gasteiger partial charge is 0.409 e. The molecule has 1 rings (SSSR count). The summed E-state index contributed by atoms with van der Waals surface area (Å²) in [6.45, 7) is 7.26. The van der Waals surface area contributed by atoms with Crippen LogP contribution in [0, 0.1) is 5.41 Å². The van der Waals surface area contributed by atoms with E-state index < -0.39 is 0 Å². The Balaban J connectivity index is 2.29. The summed E-state index contributed by atoms with van der Waals surface area (Å²) >= 11 is 1.82. The number of oxime groups is 1. The van der Waals surface area contributed by atoms with Crippen LogP contribution in [0.4, 0.5) is 0 Å². The summed E-state index contributed by atoms with van der Waals surface area (Å²) in [7, 11) is 0. The number of nitrogens with one attached hydrogen (secondary N) is 1. The standard InChI is InChI=1S/C16H29N3OS/c1-4-8-13(14-9-7-12-21-14)18-11-6-5-10-16(2,3)15(17)19-20/h7,9,12-13,18,20H,4-6,8,10-11H2,1-3H3,(H2,17,19). The second kappa shape index (κ2) is 9.05. The highest BCUT2D eigenvalue weighted by atomic mass is 32.1. The van der Waals surface area contributed by atoms with Crippen molar-refractivity contribution in [3.05, 3.63) is 22.4 Å². The monoisotopic (exact) mass is 311 g/mol. The van der Waals surface area contributed by atoms with Crippen molar-refractivity contribution >= 4 is 17.2 Å². The summed E-state index contributed by atoms with van der Waals surface area (Å²) in [6.07, 6.45) is 5.47. The van der Waals surface area contributed by atoms with Gasteiger partial charge in [-0.05, 0) is 37.3 Å². The fraction of sp³-hybridized carbons (Fsp3) is 0.688. The number of unbranched alkanes of at least 4 members (excludes halogenated alkanes) is 1. The lowest BCUT2D eigenvalue weighted by atomic mass is 9.86. The molecule has 0 aliphatic carbocycles. The molecule has 0 fully saturated rings. The van der Waals surface area contributed by atoms with E-state index >= 15 is 0 Å². The van der Waals surface area contributed by atoms with Gasteiger partial charge in [-0.2, -0.15) is 0 Å². The predicted molar refractivity (Wildman–Crippen MR) is 91.0 cm³/mol. The van der Waals surface area contributed by atoms with E-state index in [1.807, 2.05) is 25.2 Å². The van der Waals surface area contributed by atoms with Crippen LogP contribution in [0.5, 0.6) is 0 Å². The number of thiophene rings is 1. The molecule has 0 aliphatic heterocycles. The van der Waals surface area contributed by atoms with Gasteiger partial charge >= 0.3 is 0 Å². The molecule has 1 heterocycles. The molecule has 0 aliphatic rings. The van der Waals surface area contributed by atoms with E-state index in [2.05, 4.69) is 34.9 Å². The zero-order chi connectivity index (χ0) is 15.7. The summed E-state index contributed by atoms with van der Waals surface area (Å²) < 4.78 is 0. The minimum atomic E-state index is -0.231. The van der Waals surface area contributed by atoms with Gasteiger partial charge in [0.05, 0.1) is 0 Å². The molecule has 1 aromatic rings. The maximum atomic E-state index is 8.76. The van der Waals surface area contributed by atoms with Gasteiger partial charge in [-0.25, -0.2) is 0 Å². The number of nitrogens with two attached hydrogens (primary N) is 1. The van der Waals surface area contributed by atoms with Crippen LogP contribution in [0.15, 0.2) is 22.7 Å². The van der Waals surface area contributed by atoms with Gasteiger partial charge in [-0.1, -0.05) is 44.8 Å². The van der Waals surface area contributed by atoms with Crippen molar-refractivity contribution in [2.75, 3.05) is 6.54 Å². The molecule has 5 heteroatoms. The smallest absolute Gasteiger partial charge is 0.144 e. The van der Waals surface area contributed by atoms with Gasteiger partial charge in [0.1, 0.15) is 5.84 Å². The Bertz CT molecular complexity index is 415. The molecule has 1 atom stereocenters. The second-order valence-corrected chi connectivity index (χ2v) is 7.12. The first-order valence-corrected chi connectivity index (χ1v) is 8.64. The van der Waals surface area contributed by atoms with E-state index in [1.54, 1.807) is 0 Å². The van der Waals surface area contributed by atoms with Crippen LogP contribution in [0.1, 0.15) is 63.8 Å². The highest BCUT2D eigenvalue weighted by Crippen LogP contribution is 2.25. The third kappa shape index (κ3) is 6.06. The van der Waals surface area contributed by atoms with Gasteiger partial charge in [0, 0.05) is 16.3 Å². The SMILES string of the molecule is CCCC(NCCCCC(C)(C)/C(N)=N/O)c1cccs1. The maximum absolute atomic E-state index is 8.76. The molecular formula is C16H29N3OS. The summed E-state index contributed by atoms with van der Waals surface area (Å²) in [5.74, 6) is 0.318. The molecule has 4 N–H and O–H groups in total. The van der Waals surface area contributed by atoms with Crippen molar-refractivity contribution in [1.29, 1.82) is 0 Å². The second-order valence-electron chi connectivity index (χ2n) is 6.14. The molecule has 0 amide bonds. The molecule has 1 unspecified atom stereocenters. The Hall–Kier alpha value is -1.07. The van der Waals surface area contributed by atoms with E-state index in [0.29, 0.717) is 11.9 Å². The average Bonchev–Trinajstić information content (AvgIpc) is 2.98. The summed E-state index contributed by atoms with van der Waals surface area (Å²) in [6, 6.07) is 4.80. The van der Waals surface area contributed by atoms with Crippen molar-refractivity contribution in [3.63, 3.8) is 0 Å². The van der Waals surface area contributed by atoms with Gasteiger partial charge in [-0.3, -0.25) is 0 Å². The fourth-order valence-corrected chi connectivity index (χ4v) is 3.19. The summed E-state index contributed by atoms with van der Waals surface area (Å²) in [4.78, 5) is 1.42. The van der Waals surface area contributed by atoms with Crippen LogP contribution >= 0.6 is 11.3 Å². The Morgan fingerprint density at radius 2 is 2.24 bits per heavy atom. The zero-order valence-electron chi connectivity index (χ0n) is 13.4. The van der Waals surface area contributed by atoms with Crippen molar-refractivity contribution < 1.29 is 5.21 Å². The third-order valence-corrected chi connectivity index (χ3v) is 4.87. The van der Waals surface area contributed by atoms with Crippen LogP contribution in [0.3, 0.4) is 0 Å². The maximum Gasteiger partial charge on any atom is 0.144 e. The lowest BCUT2D eigenvalue weighted by Crippen LogP contribution is -2.32. The molecule has 120 valence electrons. The minimum Gasteiger partial charge on any atom is -0.409 e. The van der Waals surface area contributed by atoms with Crippen molar-refractivity contribution in [2.45, 2.75) is 58.9 Å². The number of rotatable bonds is 10. The van der Waals surface area contributed by atoms with E-state index in [1.165, 1.54) is 17.7 Å². The molecule has 0 aromatic carbocycles. The summed E-state index contributed by atoms with van der Waals surface area (Å²) in [5.41, 5.74) is 5.47. The predicted octanol–water partition coefficient (Wildman–Crippen LogP) is 4.12. The van der Waals surface area contributed by atoms with Gasteiger partial charge in [0.15, 0.2) is 0 Å². The molecular weight excluding hydrogens is 282 g/mol. The molecule has 0 saturated heterocycles. The highest BCUT2D eigenvalue weighted by molar-refractivity contribution is 7.10. The first-order valence-electron chi connectivity index (χ1n) is 7.76. The average molecular weight is 311 g/mol. The van der Waals surface area contributed by atoms with Gasteiger partial charge in [-0.15, -0.1) is 11.3 Å². The first-order chi connectivity index (χ1) is 10.0. The normalized spacial score (nSPS) is 14.3. The highest BCUT2D eigenvalue weighted by Gasteiger charge is 2.22. The molecule has 21 heavy (non-hydrogen) atoms. The van der Waals surface area contributed by atoms with Crippen molar-refractivity contribution in [2.24, 2.45) is 16.3 Å². The van der Waals surface area contributed by atoms with Crippen LogP contribution < -0.4 is 11.1 Å². The topological polar surface area (TPSA) is 70.6 Å². The van der Waals surface area contributed by atoms with E-state index in [-0.39, 0.29) is 5.41 Å². The van der Waals surface area contributed by atoms with Crippen molar-refractivity contribution in [3.8, 4) is 0 Å². The van der Waals surface area contributed by atoms with E-state index in [0.717, 1.165) is 25.8 Å². The molecule has 1 aromatic heterocycles. The Labute approximate surface area is 132 Å². The molecule has 0 bridgehead atoms. The minimum absolute atomic E-state index is 0.231. The number of amidine groups is 1. The fourth-order valence-electron chi connectivity index (χ4n) is 2.35. The Morgan fingerprint density at radius 3 is 2.81 bits per heavy atom. The van der Waals surface area contributed by atoms with Crippen LogP contribution in [0.25, 0.3) is 0 Å². The van der Waals surface area contributed by atoms with Crippen LogP contribution in [-0.2, 0) is 0 Å². The van der Waals surface area contributed by atoms with E-state index in [9.17, 15) is 0 Å². The van der Waals surface area contributed by atoms with E-state index in [4.69, 9.17) is 10.9 Å². The van der Waals surface area contributed by atoms with Gasteiger partial charge in [0.2, 0.25) is 0 Å². The van der Waals surface area contributed by atoms with Gasteiger partial charge < -0.3 is 16.3 Å². The lowest BCUT2D eigenvalue weighted by Gasteiger charge is -2.23. The quantitative estimate of drug-likeness (QED) is 0.200. The lowest BCUT2D eigenvalue weighted by molar-refractivity contribution is 0.304. The number of hydrogen-bond acceptors (Lipinski definition) is 4. The molecule has 4 nitrogen and oxygen atoms in total. The van der Waals surface area contributed by atoms with Crippen molar-refractivity contribution in [1.82, 2.24) is 5.32 Å². The molecule has 0 radical (unpaired) electrons. The zero-order valence-corrected chi connectivity index (χ0v) is 14.2.